The Morgan fingerprint density at radius 3 is 2.23 bits per heavy atom. The molecule has 4 fully saturated rings. The van der Waals surface area contributed by atoms with Gasteiger partial charge in [-0.2, -0.15) is 0 Å². The summed E-state index contributed by atoms with van der Waals surface area (Å²) in [7, 11) is 0. The molecule has 0 spiro atoms. The standard InChI is InChI=1S/C39H68O9/c1-25(2)7-6-8-26(3)30-11-12-31-29-10-9-27-23-28(13-15-38(27,4)32(29)14-16-39(30,31)5)46-21-19-44-17-18-45-20-22-47-37-36(43)35(42)34(41)33(24-40)48-37/h9,25-26,28-37,40-43H,6-8,10-24H2,1-5H3/t26-,28+,29?,30?,31?,32?,33-,34+,35+,36-,37-,38+,39-/m1/s1. The average Bonchev–Trinajstić information content (AvgIpc) is 3.42. The van der Waals surface area contributed by atoms with Gasteiger partial charge in [-0.1, -0.05) is 65.5 Å². The van der Waals surface area contributed by atoms with Crippen molar-refractivity contribution in [1.29, 1.82) is 0 Å². The molecule has 48 heavy (non-hydrogen) atoms. The molecule has 0 amide bonds. The van der Waals surface area contributed by atoms with Crippen LogP contribution < -0.4 is 0 Å². The lowest BCUT2D eigenvalue weighted by atomic mass is 9.47. The van der Waals surface area contributed by atoms with Gasteiger partial charge in [0.25, 0.3) is 0 Å². The van der Waals surface area contributed by atoms with Crippen LogP contribution in [-0.4, -0.2) is 103 Å². The van der Waals surface area contributed by atoms with Crippen molar-refractivity contribution in [2.45, 2.75) is 142 Å². The second-order valence-corrected chi connectivity index (χ2v) is 16.8. The highest BCUT2D eigenvalue weighted by Crippen LogP contribution is 2.67. The molecular weight excluding hydrogens is 612 g/mol. The molecule has 13 atom stereocenters. The Bertz CT molecular complexity index is 1020. The Kier molecular flexibility index (Phi) is 13.9. The summed E-state index contributed by atoms with van der Waals surface area (Å²) in [6.45, 7) is 14.4. The number of fused-ring (bicyclic) bond motifs is 5. The van der Waals surface area contributed by atoms with E-state index < -0.39 is 37.3 Å². The van der Waals surface area contributed by atoms with Gasteiger partial charge in [-0.05, 0) is 97.7 Å². The van der Waals surface area contributed by atoms with Crippen LogP contribution in [0.4, 0.5) is 0 Å². The van der Waals surface area contributed by atoms with E-state index in [2.05, 4.69) is 40.7 Å². The second kappa shape index (κ2) is 17.3. The van der Waals surface area contributed by atoms with Crippen LogP contribution in [0, 0.1) is 46.3 Å². The van der Waals surface area contributed by atoms with E-state index in [9.17, 15) is 20.4 Å². The summed E-state index contributed by atoms with van der Waals surface area (Å²) in [5.74, 6) is 5.17. The maximum Gasteiger partial charge on any atom is 0.186 e. The van der Waals surface area contributed by atoms with Crippen LogP contribution in [0.5, 0.6) is 0 Å². The molecule has 0 aromatic heterocycles. The smallest absolute Gasteiger partial charge is 0.186 e. The molecule has 1 saturated heterocycles. The fourth-order valence-electron chi connectivity index (χ4n) is 10.8. The normalized spacial score (nSPS) is 41.8. The molecule has 1 heterocycles. The van der Waals surface area contributed by atoms with E-state index in [4.69, 9.17) is 23.7 Å². The summed E-state index contributed by atoms with van der Waals surface area (Å²) in [5.41, 5.74) is 2.54. The highest BCUT2D eigenvalue weighted by Gasteiger charge is 2.59. The Morgan fingerprint density at radius 2 is 1.52 bits per heavy atom. The van der Waals surface area contributed by atoms with Crippen LogP contribution in [0.3, 0.4) is 0 Å². The van der Waals surface area contributed by atoms with Gasteiger partial charge in [0, 0.05) is 0 Å². The van der Waals surface area contributed by atoms with Gasteiger partial charge in [-0.15, -0.1) is 0 Å². The molecule has 9 nitrogen and oxygen atoms in total. The number of ether oxygens (including phenoxy) is 5. The Hall–Kier alpha value is -0.620. The first-order valence-electron chi connectivity index (χ1n) is 19.4. The van der Waals surface area contributed by atoms with E-state index in [0.717, 1.165) is 48.3 Å². The largest absolute Gasteiger partial charge is 0.394 e. The summed E-state index contributed by atoms with van der Waals surface area (Å²) in [6.07, 6.45) is 11.2. The van der Waals surface area contributed by atoms with Gasteiger partial charge in [-0.3, -0.25) is 0 Å². The minimum atomic E-state index is -1.45. The highest BCUT2D eigenvalue weighted by molar-refractivity contribution is 5.25. The predicted molar refractivity (Wildman–Crippen MR) is 184 cm³/mol. The summed E-state index contributed by atoms with van der Waals surface area (Å²) in [4.78, 5) is 0. The predicted octanol–water partition coefficient (Wildman–Crippen LogP) is 5.26. The molecule has 4 N–H and O–H groups in total. The number of hydrogen-bond acceptors (Lipinski definition) is 9. The zero-order valence-electron chi connectivity index (χ0n) is 30.6. The fraction of sp³-hybridized carbons (Fsp3) is 0.949. The van der Waals surface area contributed by atoms with Gasteiger partial charge in [0.05, 0.1) is 52.4 Å². The monoisotopic (exact) mass is 680 g/mol. The van der Waals surface area contributed by atoms with E-state index in [0.29, 0.717) is 37.3 Å². The van der Waals surface area contributed by atoms with E-state index in [-0.39, 0.29) is 19.3 Å². The van der Waals surface area contributed by atoms with Crippen LogP contribution in [0.1, 0.15) is 105 Å². The van der Waals surface area contributed by atoms with Crippen molar-refractivity contribution < 1.29 is 44.1 Å². The van der Waals surface area contributed by atoms with Crippen LogP contribution in [0.25, 0.3) is 0 Å². The van der Waals surface area contributed by atoms with Gasteiger partial charge in [-0.25, -0.2) is 0 Å². The number of hydrogen-bond donors (Lipinski definition) is 4. The van der Waals surface area contributed by atoms with Crippen molar-refractivity contribution in [2.24, 2.45) is 46.3 Å². The lowest BCUT2D eigenvalue weighted by Gasteiger charge is -2.58. The van der Waals surface area contributed by atoms with Crippen LogP contribution in [0.15, 0.2) is 11.6 Å². The van der Waals surface area contributed by atoms with Crippen molar-refractivity contribution in [1.82, 2.24) is 0 Å². The second-order valence-electron chi connectivity index (χ2n) is 16.8. The molecular formula is C39H68O9. The first-order valence-corrected chi connectivity index (χ1v) is 19.4. The average molecular weight is 681 g/mol. The van der Waals surface area contributed by atoms with Gasteiger partial charge in [0.2, 0.25) is 0 Å². The van der Waals surface area contributed by atoms with Crippen LogP contribution in [-0.2, 0) is 23.7 Å². The topological polar surface area (TPSA) is 127 Å². The molecule has 4 aliphatic carbocycles. The minimum absolute atomic E-state index is 0.127. The first-order chi connectivity index (χ1) is 23.0. The van der Waals surface area contributed by atoms with Gasteiger partial charge in [0.15, 0.2) is 6.29 Å². The van der Waals surface area contributed by atoms with E-state index in [1.54, 1.807) is 5.57 Å². The third-order valence-electron chi connectivity index (χ3n) is 13.6. The van der Waals surface area contributed by atoms with E-state index in [1.165, 1.54) is 57.8 Å². The Labute approximate surface area is 290 Å². The Morgan fingerprint density at radius 1 is 0.812 bits per heavy atom. The van der Waals surface area contributed by atoms with Crippen molar-refractivity contribution >= 4 is 0 Å². The molecule has 0 aromatic carbocycles. The number of aliphatic hydroxyl groups is 4. The molecule has 5 rings (SSSR count). The lowest BCUT2D eigenvalue weighted by molar-refractivity contribution is -0.302. The molecule has 9 heteroatoms. The minimum Gasteiger partial charge on any atom is -0.394 e. The Balaban J connectivity index is 0.971. The highest BCUT2D eigenvalue weighted by atomic mass is 16.7. The number of allylic oxidation sites excluding steroid dienone is 1. The van der Waals surface area contributed by atoms with Crippen LogP contribution >= 0.6 is 0 Å². The third-order valence-corrected chi connectivity index (χ3v) is 13.6. The molecule has 3 saturated carbocycles. The van der Waals surface area contributed by atoms with E-state index in [1.807, 2.05) is 0 Å². The van der Waals surface area contributed by atoms with E-state index >= 15 is 0 Å². The lowest BCUT2D eigenvalue weighted by Crippen LogP contribution is -2.59. The summed E-state index contributed by atoms with van der Waals surface area (Å²) in [6, 6.07) is 0. The number of rotatable bonds is 17. The van der Waals surface area contributed by atoms with Crippen molar-refractivity contribution in [3.8, 4) is 0 Å². The van der Waals surface area contributed by atoms with Gasteiger partial charge < -0.3 is 44.1 Å². The fourth-order valence-corrected chi connectivity index (χ4v) is 10.8. The van der Waals surface area contributed by atoms with Gasteiger partial charge in [0.1, 0.15) is 24.4 Å². The maximum absolute atomic E-state index is 10.0. The molecule has 0 aromatic rings. The molecule has 0 bridgehead atoms. The molecule has 0 radical (unpaired) electrons. The summed E-state index contributed by atoms with van der Waals surface area (Å²) >= 11 is 0. The number of aliphatic hydroxyl groups excluding tert-OH is 4. The molecule has 4 unspecified atom stereocenters. The van der Waals surface area contributed by atoms with Crippen molar-refractivity contribution in [3.05, 3.63) is 11.6 Å². The molecule has 1 aliphatic heterocycles. The molecule has 5 aliphatic rings. The SMILES string of the molecule is CC(C)CCC[C@@H](C)C1CCC2C3CC=C4C[C@@H](OCCOCCOCCO[C@@H]5O[C@H](CO)[C@H](O)[C@H](O)[C@H]5O)CC[C@]4(C)C3CC[C@@]21C. The van der Waals surface area contributed by atoms with Crippen molar-refractivity contribution in [2.75, 3.05) is 46.2 Å². The maximum atomic E-state index is 10.0. The molecule has 278 valence electrons. The zero-order valence-corrected chi connectivity index (χ0v) is 30.6. The van der Waals surface area contributed by atoms with Crippen LogP contribution in [0.2, 0.25) is 0 Å². The van der Waals surface area contributed by atoms with Crippen molar-refractivity contribution in [3.63, 3.8) is 0 Å². The van der Waals surface area contributed by atoms with Gasteiger partial charge >= 0.3 is 0 Å². The summed E-state index contributed by atoms with van der Waals surface area (Å²) < 4.78 is 28.4. The third kappa shape index (κ3) is 8.53. The quantitative estimate of drug-likeness (QED) is 0.120. The summed E-state index contributed by atoms with van der Waals surface area (Å²) in [5, 5.41) is 39.0. The first kappa shape index (κ1) is 38.6. The zero-order chi connectivity index (χ0) is 34.5.